The molecule has 0 amide bonds. The second-order valence-electron chi connectivity index (χ2n) is 7.79. The minimum Gasteiger partial charge on any atom is -0.491 e. The number of rotatable bonds is 12. The van der Waals surface area contributed by atoms with E-state index in [9.17, 15) is 10.2 Å². The summed E-state index contributed by atoms with van der Waals surface area (Å²) >= 11 is 0. The Hall–Kier alpha value is -3.22. The quantitative estimate of drug-likeness (QED) is 0.343. The average molecular weight is 437 g/mol. The lowest BCUT2D eigenvalue weighted by molar-refractivity contribution is 0.115. The van der Waals surface area contributed by atoms with E-state index in [4.69, 9.17) is 9.47 Å². The van der Waals surface area contributed by atoms with Gasteiger partial charge < -0.3 is 30.3 Å². The Morgan fingerprint density at radius 3 is 1.38 bits per heavy atom. The molecule has 170 valence electrons. The van der Waals surface area contributed by atoms with E-state index < -0.39 is 12.2 Å². The standard InChI is InChI=1S/C26H32N2O4/c1-19-7-3-5-9-25(19)27-15-21(29)17-31-23-11-13-24(14-12-23)32-18-22(30)16-28-26-10-6-4-8-20(26)2/h3-14,21-22,27-30H,15-18H2,1-2H3. The van der Waals surface area contributed by atoms with Crippen LogP contribution in [0.5, 0.6) is 11.5 Å². The summed E-state index contributed by atoms with van der Waals surface area (Å²) in [4.78, 5) is 0. The first-order valence-corrected chi connectivity index (χ1v) is 10.8. The normalized spacial score (nSPS) is 12.6. The van der Waals surface area contributed by atoms with Gasteiger partial charge in [0.1, 0.15) is 36.9 Å². The molecule has 0 fully saturated rings. The number of anilines is 2. The van der Waals surface area contributed by atoms with Gasteiger partial charge in [-0.15, -0.1) is 0 Å². The van der Waals surface area contributed by atoms with E-state index in [0.29, 0.717) is 24.6 Å². The molecule has 0 heterocycles. The van der Waals surface area contributed by atoms with E-state index in [1.54, 1.807) is 24.3 Å². The highest BCUT2D eigenvalue weighted by Crippen LogP contribution is 2.19. The molecule has 3 aromatic rings. The molecular formula is C26H32N2O4. The van der Waals surface area contributed by atoms with Gasteiger partial charge in [0.15, 0.2) is 0 Å². The molecule has 0 aliphatic carbocycles. The van der Waals surface area contributed by atoms with Gasteiger partial charge >= 0.3 is 0 Å². The van der Waals surface area contributed by atoms with Crippen LogP contribution in [0.25, 0.3) is 0 Å². The summed E-state index contributed by atoms with van der Waals surface area (Å²) in [6.07, 6.45) is -1.28. The van der Waals surface area contributed by atoms with E-state index in [1.165, 1.54) is 0 Å². The molecule has 0 aliphatic heterocycles. The summed E-state index contributed by atoms with van der Waals surface area (Å²) in [7, 11) is 0. The van der Waals surface area contributed by atoms with E-state index >= 15 is 0 Å². The zero-order valence-corrected chi connectivity index (χ0v) is 18.6. The van der Waals surface area contributed by atoms with Crippen LogP contribution in [0.3, 0.4) is 0 Å². The lowest BCUT2D eigenvalue weighted by atomic mass is 10.2. The molecule has 32 heavy (non-hydrogen) atoms. The van der Waals surface area contributed by atoms with Crippen LogP contribution in [-0.2, 0) is 0 Å². The number of aliphatic hydroxyl groups is 2. The van der Waals surface area contributed by atoms with Crippen molar-refractivity contribution in [1.29, 1.82) is 0 Å². The number of aliphatic hydroxyl groups excluding tert-OH is 2. The van der Waals surface area contributed by atoms with Crippen molar-refractivity contribution in [3.05, 3.63) is 83.9 Å². The molecular weight excluding hydrogens is 404 g/mol. The Kier molecular flexibility index (Phi) is 8.78. The van der Waals surface area contributed by atoms with Gasteiger partial charge in [0.25, 0.3) is 0 Å². The number of ether oxygens (including phenoxy) is 2. The Labute approximate surface area is 189 Å². The van der Waals surface area contributed by atoms with Crippen LogP contribution in [-0.4, -0.2) is 48.7 Å². The molecule has 0 saturated heterocycles. The molecule has 0 aliphatic rings. The minimum absolute atomic E-state index is 0.183. The molecule has 0 radical (unpaired) electrons. The van der Waals surface area contributed by atoms with Crippen molar-refractivity contribution in [2.45, 2.75) is 26.1 Å². The van der Waals surface area contributed by atoms with E-state index in [2.05, 4.69) is 10.6 Å². The number of para-hydroxylation sites is 2. The van der Waals surface area contributed by atoms with E-state index in [0.717, 1.165) is 22.5 Å². The number of hydrogen-bond donors (Lipinski definition) is 4. The first-order valence-electron chi connectivity index (χ1n) is 10.8. The first-order chi connectivity index (χ1) is 15.5. The fourth-order valence-corrected chi connectivity index (χ4v) is 3.13. The van der Waals surface area contributed by atoms with Crippen molar-refractivity contribution in [1.82, 2.24) is 0 Å². The fourth-order valence-electron chi connectivity index (χ4n) is 3.13. The molecule has 0 aromatic heterocycles. The zero-order chi connectivity index (χ0) is 22.8. The highest BCUT2D eigenvalue weighted by Gasteiger charge is 2.08. The smallest absolute Gasteiger partial charge is 0.119 e. The lowest BCUT2D eigenvalue weighted by Gasteiger charge is -2.16. The summed E-state index contributed by atoms with van der Waals surface area (Å²) in [5.41, 5.74) is 4.27. The molecule has 6 heteroatoms. The molecule has 0 bridgehead atoms. The van der Waals surface area contributed by atoms with Gasteiger partial charge in [0, 0.05) is 24.5 Å². The van der Waals surface area contributed by atoms with Crippen LogP contribution in [0.15, 0.2) is 72.8 Å². The molecule has 0 spiro atoms. The van der Waals surface area contributed by atoms with Crippen molar-refractivity contribution in [3.8, 4) is 11.5 Å². The van der Waals surface area contributed by atoms with Gasteiger partial charge in [-0.3, -0.25) is 0 Å². The van der Waals surface area contributed by atoms with Crippen molar-refractivity contribution in [3.63, 3.8) is 0 Å². The van der Waals surface area contributed by atoms with E-state index in [-0.39, 0.29) is 13.2 Å². The maximum absolute atomic E-state index is 10.2. The third-order valence-electron chi connectivity index (χ3n) is 5.05. The summed E-state index contributed by atoms with van der Waals surface area (Å²) in [6.45, 7) is 5.22. The predicted octanol–water partition coefficient (Wildman–Crippen LogP) is 4.01. The molecule has 2 unspecified atom stereocenters. The second-order valence-corrected chi connectivity index (χ2v) is 7.79. The number of aryl methyl sites for hydroxylation is 2. The monoisotopic (exact) mass is 436 g/mol. The summed E-state index contributed by atoms with van der Waals surface area (Å²) in [6, 6.07) is 23.0. The van der Waals surface area contributed by atoms with Crippen LogP contribution < -0.4 is 20.1 Å². The molecule has 0 saturated carbocycles. The summed E-state index contributed by atoms with van der Waals surface area (Å²) in [5, 5.41) is 26.8. The summed E-state index contributed by atoms with van der Waals surface area (Å²) < 4.78 is 11.3. The Balaban J connectivity index is 1.35. The van der Waals surface area contributed by atoms with Gasteiger partial charge in [0.05, 0.1) is 0 Å². The van der Waals surface area contributed by atoms with Crippen LogP contribution in [0.4, 0.5) is 11.4 Å². The Bertz CT molecular complexity index is 884. The van der Waals surface area contributed by atoms with Crippen LogP contribution >= 0.6 is 0 Å². The fraction of sp³-hybridized carbons (Fsp3) is 0.308. The van der Waals surface area contributed by atoms with Crippen molar-refractivity contribution in [2.24, 2.45) is 0 Å². The third-order valence-corrected chi connectivity index (χ3v) is 5.05. The molecule has 6 nitrogen and oxygen atoms in total. The highest BCUT2D eigenvalue weighted by molar-refractivity contribution is 5.51. The van der Waals surface area contributed by atoms with Gasteiger partial charge in [-0.1, -0.05) is 36.4 Å². The average Bonchev–Trinajstić information content (AvgIpc) is 2.81. The number of nitrogens with one attached hydrogen (secondary N) is 2. The molecule has 2 atom stereocenters. The minimum atomic E-state index is -0.638. The van der Waals surface area contributed by atoms with Gasteiger partial charge in [-0.2, -0.15) is 0 Å². The largest absolute Gasteiger partial charge is 0.491 e. The second kappa shape index (κ2) is 12.0. The van der Waals surface area contributed by atoms with Crippen molar-refractivity contribution < 1.29 is 19.7 Å². The van der Waals surface area contributed by atoms with Gasteiger partial charge in [-0.05, 0) is 61.4 Å². The number of hydrogen-bond acceptors (Lipinski definition) is 6. The van der Waals surface area contributed by atoms with Gasteiger partial charge in [0.2, 0.25) is 0 Å². The predicted molar refractivity (Wildman–Crippen MR) is 129 cm³/mol. The van der Waals surface area contributed by atoms with Crippen LogP contribution in [0.2, 0.25) is 0 Å². The van der Waals surface area contributed by atoms with E-state index in [1.807, 2.05) is 62.4 Å². The maximum Gasteiger partial charge on any atom is 0.119 e. The first kappa shape index (κ1) is 23.4. The van der Waals surface area contributed by atoms with Crippen molar-refractivity contribution >= 4 is 11.4 Å². The third kappa shape index (κ3) is 7.48. The van der Waals surface area contributed by atoms with Gasteiger partial charge in [-0.25, -0.2) is 0 Å². The maximum atomic E-state index is 10.2. The van der Waals surface area contributed by atoms with Crippen molar-refractivity contribution in [2.75, 3.05) is 36.9 Å². The SMILES string of the molecule is Cc1ccccc1NCC(O)COc1ccc(OCC(O)CNc2ccccc2C)cc1. The van der Waals surface area contributed by atoms with Crippen LogP contribution in [0.1, 0.15) is 11.1 Å². The Morgan fingerprint density at radius 1 is 0.625 bits per heavy atom. The molecule has 3 aromatic carbocycles. The van der Waals surface area contributed by atoms with Crippen LogP contribution in [0, 0.1) is 13.8 Å². The summed E-state index contributed by atoms with van der Waals surface area (Å²) in [5.74, 6) is 1.29. The highest BCUT2D eigenvalue weighted by atomic mass is 16.5. The molecule has 4 N–H and O–H groups in total. The zero-order valence-electron chi connectivity index (χ0n) is 18.6. The lowest BCUT2D eigenvalue weighted by Crippen LogP contribution is -2.26. The molecule has 3 rings (SSSR count). The topological polar surface area (TPSA) is 83.0 Å². The Morgan fingerprint density at radius 2 is 1.00 bits per heavy atom. The number of benzene rings is 3.